The second-order valence-corrected chi connectivity index (χ2v) is 16.3. The summed E-state index contributed by atoms with van der Waals surface area (Å²) in [7, 11) is 1.45. The van der Waals surface area contributed by atoms with Crippen molar-refractivity contribution < 1.29 is 33.4 Å². The number of ether oxygens (including phenoxy) is 1. The first-order valence-electron chi connectivity index (χ1n) is 19.2. The minimum atomic E-state index is -1.50. The molecular weight excluding hydrogens is 796 g/mol. The lowest BCUT2D eigenvalue weighted by Crippen LogP contribution is -2.58. The maximum Gasteiger partial charge on any atom is 0.238 e. The standard InChI is InChI=1S/C48H35BrN2O7/c1-57-39-23-29(49)22-35(44(39)54)42-31-20-21-32-41(47(56)51(46(32)55)30-18-16-27(17-19-30)45-50-37-14-8-9-15-38(37)58-45)34(31)24-36-43(53)33(26-10-4-2-5-11-26)25-40(52)48(36,42)28-12-6-3-7-13-28/h2-20,22-23,25,32,34,36,41-42,54H,21,24H2,1H3. The number of fused-ring (bicyclic) bond motifs is 5. The maximum atomic E-state index is 15.3. The van der Waals surface area contributed by atoms with E-state index < -0.39 is 35.0 Å². The van der Waals surface area contributed by atoms with Crippen molar-refractivity contribution >= 4 is 61.7 Å². The number of carbonyl (C=O) groups excluding carboxylic acids is 4. The van der Waals surface area contributed by atoms with E-state index in [4.69, 9.17) is 9.15 Å². The lowest BCUT2D eigenvalue weighted by Gasteiger charge is -2.55. The van der Waals surface area contributed by atoms with Gasteiger partial charge in [-0.15, -0.1) is 0 Å². The van der Waals surface area contributed by atoms with Crippen LogP contribution in [-0.2, 0) is 24.6 Å². The Morgan fingerprint density at radius 3 is 2.26 bits per heavy atom. The molecule has 1 aliphatic heterocycles. The number of para-hydroxylation sites is 2. The average Bonchev–Trinajstić information content (AvgIpc) is 3.80. The second-order valence-electron chi connectivity index (χ2n) is 15.4. The molecule has 1 N–H and O–H groups in total. The number of rotatable bonds is 6. The molecule has 1 aromatic heterocycles. The molecule has 5 aromatic carbocycles. The lowest BCUT2D eigenvalue weighted by molar-refractivity contribution is -0.135. The number of oxazole rings is 1. The molecule has 286 valence electrons. The van der Waals surface area contributed by atoms with Gasteiger partial charge in [-0.3, -0.25) is 24.1 Å². The Kier molecular flexibility index (Phi) is 8.45. The van der Waals surface area contributed by atoms with Crippen molar-refractivity contribution in [1.82, 2.24) is 4.98 Å². The maximum absolute atomic E-state index is 15.3. The van der Waals surface area contributed by atoms with Gasteiger partial charge in [-0.1, -0.05) is 100 Å². The van der Waals surface area contributed by atoms with Crippen LogP contribution in [0.3, 0.4) is 0 Å². The third kappa shape index (κ3) is 5.24. The summed E-state index contributed by atoms with van der Waals surface area (Å²) < 4.78 is 12.2. The van der Waals surface area contributed by atoms with Gasteiger partial charge in [-0.05, 0) is 84.5 Å². The number of aromatic hydroxyl groups is 1. The molecule has 9 nitrogen and oxygen atoms in total. The van der Waals surface area contributed by atoms with Crippen molar-refractivity contribution in [3.63, 3.8) is 0 Å². The molecular formula is C48H35BrN2O7. The highest BCUT2D eigenvalue weighted by molar-refractivity contribution is 9.10. The van der Waals surface area contributed by atoms with Gasteiger partial charge in [0.05, 0.1) is 30.0 Å². The zero-order chi connectivity index (χ0) is 39.9. The fourth-order valence-electron chi connectivity index (χ4n) is 10.2. The van der Waals surface area contributed by atoms with E-state index in [0.717, 1.165) is 11.1 Å². The first kappa shape index (κ1) is 36.0. The van der Waals surface area contributed by atoms with Crippen molar-refractivity contribution in [2.75, 3.05) is 12.0 Å². The number of hydrogen-bond acceptors (Lipinski definition) is 8. The number of halogens is 1. The van der Waals surface area contributed by atoms with Gasteiger partial charge >= 0.3 is 0 Å². The van der Waals surface area contributed by atoms with Gasteiger partial charge in [0.25, 0.3) is 0 Å². The van der Waals surface area contributed by atoms with E-state index in [1.165, 1.54) is 18.1 Å². The second kappa shape index (κ2) is 13.6. The Balaban J connectivity index is 1.12. The van der Waals surface area contributed by atoms with Crippen LogP contribution in [-0.4, -0.2) is 40.6 Å². The van der Waals surface area contributed by atoms with Gasteiger partial charge in [-0.25, -0.2) is 4.98 Å². The number of allylic oxidation sites excluding steroid dienone is 4. The number of benzene rings is 5. The van der Waals surface area contributed by atoms with Crippen molar-refractivity contribution in [3.05, 3.63) is 160 Å². The summed E-state index contributed by atoms with van der Waals surface area (Å²) in [6, 6.07) is 36.3. The Morgan fingerprint density at radius 2 is 1.53 bits per heavy atom. The molecule has 10 rings (SSSR count). The summed E-state index contributed by atoms with van der Waals surface area (Å²) in [5.74, 6) is -4.71. The van der Waals surface area contributed by atoms with Crippen LogP contribution >= 0.6 is 15.9 Å². The van der Waals surface area contributed by atoms with E-state index in [0.29, 0.717) is 49.5 Å². The molecule has 4 aliphatic rings. The zero-order valence-electron chi connectivity index (χ0n) is 31.2. The number of nitrogens with zero attached hydrogens (tertiary/aromatic N) is 2. The molecule has 0 spiro atoms. The Bertz CT molecular complexity index is 2720. The van der Waals surface area contributed by atoms with Crippen molar-refractivity contribution in [2.45, 2.75) is 24.2 Å². The third-order valence-corrected chi connectivity index (χ3v) is 13.1. The molecule has 6 aromatic rings. The third-order valence-electron chi connectivity index (χ3n) is 12.6. The molecule has 0 bridgehead atoms. The summed E-state index contributed by atoms with van der Waals surface area (Å²) in [6.45, 7) is 0. The van der Waals surface area contributed by atoms with Gasteiger partial charge in [0, 0.05) is 33.0 Å². The van der Waals surface area contributed by atoms with Crippen LogP contribution in [0.15, 0.2) is 148 Å². The Hall–Kier alpha value is -6.39. The molecule has 6 unspecified atom stereocenters. The summed E-state index contributed by atoms with van der Waals surface area (Å²) in [6.07, 6.45) is 3.82. The van der Waals surface area contributed by atoms with E-state index in [-0.39, 0.29) is 47.7 Å². The van der Waals surface area contributed by atoms with Gasteiger partial charge in [0.1, 0.15) is 5.52 Å². The number of phenols is 1. The van der Waals surface area contributed by atoms with Gasteiger partial charge < -0.3 is 14.3 Å². The van der Waals surface area contributed by atoms with Crippen LogP contribution in [0, 0.1) is 23.7 Å². The summed E-state index contributed by atoms with van der Waals surface area (Å²) in [4.78, 5) is 65.7. The van der Waals surface area contributed by atoms with Gasteiger partial charge in [0.2, 0.25) is 17.7 Å². The smallest absolute Gasteiger partial charge is 0.238 e. The monoisotopic (exact) mass is 830 g/mol. The van der Waals surface area contributed by atoms with E-state index in [9.17, 15) is 14.7 Å². The summed E-state index contributed by atoms with van der Waals surface area (Å²) in [5.41, 5.74) is 3.66. The van der Waals surface area contributed by atoms with Crippen LogP contribution in [0.2, 0.25) is 0 Å². The number of imide groups is 1. The van der Waals surface area contributed by atoms with Gasteiger partial charge in [-0.2, -0.15) is 0 Å². The Morgan fingerprint density at radius 1 is 0.828 bits per heavy atom. The predicted octanol–water partition coefficient (Wildman–Crippen LogP) is 9.00. The van der Waals surface area contributed by atoms with E-state index in [2.05, 4.69) is 20.9 Å². The number of hydrogen-bond donors (Lipinski definition) is 1. The van der Waals surface area contributed by atoms with Crippen molar-refractivity contribution in [2.24, 2.45) is 23.7 Å². The summed E-state index contributed by atoms with van der Waals surface area (Å²) in [5, 5.41) is 12.0. The molecule has 1 saturated heterocycles. The number of carbonyl (C=O) groups is 4. The molecule has 0 radical (unpaired) electrons. The molecule has 6 atom stereocenters. The average molecular weight is 832 g/mol. The summed E-state index contributed by atoms with van der Waals surface area (Å²) >= 11 is 3.61. The predicted molar refractivity (Wildman–Crippen MR) is 221 cm³/mol. The van der Waals surface area contributed by atoms with Crippen molar-refractivity contribution in [1.29, 1.82) is 0 Å². The van der Waals surface area contributed by atoms with Crippen LogP contribution < -0.4 is 9.64 Å². The first-order valence-corrected chi connectivity index (χ1v) is 20.0. The molecule has 2 fully saturated rings. The number of methoxy groups -OCH3 is 1. The largest absolute Gasteiger partial charge is 0.504 e. The molecule has 3 aliphatic carbocycles. The molecule has 2 heterocycles. The van der Waals surface area contributed by atoms with E-state index in [1.54, 1.807) is 36.4 Å². The van der Waals surface area contributed by atoms with Crippen molar-refractivity contribution in [3.8, 4) is 23.0 Å². The molecule has 2 amide bonds. The number of anilines is 1. The highest BCUT2D eigenvalue weighted by atomic mass is 79.9. The number of ketones is 2. The quantitative estimate of drug-likeness (QED) is 0.130. The first-order chi connectivity index (χ1) is 28.2. The fraction of sp³-hybridized carbons (Fsp3) is 0.188. The molecule has 10 heteroatoms. The minimum absolute atomic E-state index is 0.141. The van der Waals surface area contributed by atoms with Gasteiger partial charge in [0.15, 0.2) is 28.6 Å². The van der Waals surface area contributed by atoms with Crippen LogP contribution in [0.4, 0.5) is 5.69 Å². The SMILES string of the molecule is COc1cc(Br)cc(C2C3=CCC4C(=O)N(c5ccc(-c6nc7ccccc7o6)cc5)C(=O)C4C3CC3C(=O)C(c4ccccc4)=CC(=O)C32c2ccccc2)c1O. The Labute approximate surface area is 341 Å². The normalized spacial score (nSPS) is 25.2. The topological polar surface area (TPSA) is 127 Å². The zero-order valence-corrected chi connectivity index (χ0v) is 32.8. The van der Waals surface area contributed by atoms with E-state index in [1.807, 2.05) is 91.0 Å². The number of amides is 2. The van der Waals surface area contributed by atoms with Crippen LogP contribution in [0.5, 0.6) is 11.5 Å². The molecule has 1 saturated carbocycles. The number of phenolic OH excluding ortho intramolecular Hbond substituents is 1. The number of aromatic nitrogens is 1. The highest BCUT2D eigenvalue weighted by Gasteiger charge is 2.66. The van der Waals surface area contributed by atoms with Crippen LogP contribution in [0.25, 0.3) is 28.1 Å². The molecule has 58 heavy (non-hydrogen) atoms. The highest BCUT2D eigenvalue weighted by Crippen LogP contribution is 2.65. The minimum Gasteiger partial charge on any atom is -0.504 e. The van der Waals surface area contributed by atoms with Crippen LogP contribution in [0.1, 0.15) is 35.4 Å². The van der Waals surface area contributed by atoms with E-state index >= 15 is 9.59 Å². The fourth-order valence-corrected chi connectivity index (χ4v) is 10.6. The lowest BCUT2D eigenvalue weighted by atomic mass is 9.44. The number of Topliss-reactive ketones (excluding diaryl/α,β-unsaturated/α-hetero) is 1.